The Bertz CT molecular complexity index is 2720. The van der Waals surface area contributed by atoms with Crippen LogP contribution < -0.4 is 11.0 Å². The Labute approximate surface area is 333 Å². The first-order valence-electron chi connectivity index (χ1n) is 19.7. The Balaban J connectivity index is 1.03. The second-order valence-corrected chi connectivity index (χ2v) is 16.5. The SMILES string of the molecule is CC(C)(C)CN1CCCC(n2c(=O)n(-c3ccc(C(=O)N4CCc5c(n(Cc6ccc(F)cc6F)c6ncccc56)C4)cc3)c3cnc(Nc4ccccn4)nc32)C1. The summed E-state index contributed by atoms with van der Waals surface area (Å²) in [6, 6.07) is 20.0. The molecule has 1 N–H and O–H groups in total. The minimum absolute atomic E-state index is 0.0971. The normalized spacial score (nSPS) is 16.2. The number of carbonyl (C=O) groups is 1. The van der Waals surface area contributed by atoms with Crippen molar-refractivity contribution in [3.8, 4) is 5.69 Å². The third kappa shape index (κ3) is 7.12. The molecule has 7 heterocycles. The number of pyridine rings is 2. The number of likely N-dealkylation sites (tertiary alicyclic amines) is 1. The second-order valence-electron chi connectivity index (χ2n) is 16.5. The number of anilines is 2. The van der Waals surface area contributed by atoms with Crippen molar-refractivity contribution in [3.05, 3.63) is 136 Å². The lowest BCUT2D eigenvalue weighted by Crippen LogP contribution is -2.43. The van der Waals surface area contributed by atoms with E-state index < -0.39 is 11.6 Å². The van der Waals surface area contributed by atoms with Crippen molar-refractivity contribution < 1.29 is 13.6 Å². The van der Waals surface area contributed by atoms with Crippen LogP contribution in [0.15, 0.2) is 96.2 Å². The zero-order valence-electron chi connectivity index (χ0n) is 32.7. The third-order valence-electron chi connectivity index (χ3n) is 11.1. The fraction of sp³-hybridized carbons (Fsp3) is 0.318. The highest BCUT2D eigenvalue weighted by molar-refractivity contribution is 5.95. The number of carbonyl (C=O) groups excluding carboxylic acids is 1. The van der Waals surface area contributed by atoms with Gasteiger partial charge in [0, 0.05) is 60.3 Å². The van der Waals surface area contributed by atoms with Crippen molar-refractivity contribution in [2.45, 2.75) is 59.2 Å². The molecule has 2 aliphatic heterocycles. The lowest BCUT2D eigenvalue weighted by atomic mass is 9.94. The molecule has 1 fully saturated rings. The molecule has 296 valence electrons. The van der Waals surface area contributed by atoms with Crippen LogP contribution in [0.5, 0.6) is 0 Å². The molecule has 7 aromatic rings. The first kappa shape index (κ1) is 37.3. The van der Waals surface area contributed by atoms with E-state index in [9.17, 15) is 18.4 Å². The monoisotopic (exact) mass is 782 g/mol. The fourth-order valence-corrected chi connectivity index (χ4v) is 8.61. The summed E-state index contributed by atoms with van der Waals surface area (Å²) in [6.07, 6.45) is 7.44. The van der Waals surface area contributed by atoms with E-state index in [4.69, 9.17) is 4.98 Å². The van der Waals surface area contributed by atoms with Crippen LogP contribution in [-0.2, 0) is 19.5 Å². The molecule has 2 aliphatic rings. The zero-order chi connectivity index (χ0) is 40.1. The maximum Gasteiger partial charge on any atom is 0.335 e. The van der Waals surface area contributed by atoms with Crippen molar-refractivity contribution in [3.63, 3.8) is 0 Å². The second kappa shape index (κ2) is 14.9. The number of benzene rings is 2. The molecular formula is C44H44F2N10O2. The molecule has 5 aromatic heterocycles. The van der Waals surface area contributed by atoms with Crippen LogP contribution in [0, 0.1) is 17.0 Å². The summed E-state index contributed by atoms with van der Waals surface area (Å²) in [4.78, 5) is 51.4. The van der Waals surface area contributed by atoms with Crippen LogP contribution in [0.25, 0.3) is 27.9 Å². The van der Waals surface area contributed by atoms with E-state index in [1.807, 2.05) is 39.5 Å². The van der Waals surface area contributed by atoms with Crippen LogP contribution in [0.1, 0.15) is 66.8 Å². The lowest BCUT2D eigenvalue weighted by molar-refractivity contribution is 0.0730. The van der Waals surface area contributed by atoms with E-state index in [0.29, 0.717) is 64.9 Å². The Morgan fingerprint density at radius 2 is 1.76 bits per heavy atom. The van der Waals surface area contributed by atoms with Gasteiger partial charge in [0.15, 0.2) is 5.65 Å². The van der Waals surface area contributed by atoms with Crippen molar-refractivity contribution >= 4 is 39.9 Å². The molecule has 0 spiro atoms. The average Bonchev–Trinajstić information content (AvgIpc) is 3.68. The number of hydrogen-bond donors (Lipinski definition) is 1. The molecule has 12 nitrogen and oxygen atoms in total. The molecule has 58 heavy (non-hydrogen) atoms. The number of fused-ring (bicyclic) bond motifs is 4. The standard InChI is InChI=1S/C44H44F2N10O2/c1-44(2,3)27-52-20-7-8-32(25-52)56-40-36(23-49-42(51-40)50-38-10-4-5-18-47-38)55(43(56)58)31-15-12-28(13-16-31)41(57)53-21-17-33-34-9-6-19-48-39(34)54(37(33)26-53)24-29-11-14-30(45)22-35(29)46/h4-6,9-16,18-19,22-23,32H,7-8,17,20-21,24-27H2,1-3H3,(H,47,49,50,51). The minimum Gasteiger partial charge on any atom is -0.332 e. The molecule has 1 unspecified atom stereocenters. The molecule has 2 aromatic carbocycles. The Kier molecular flexibility index (Phi) is 9.59. The van der Waals surface area contributed by atoms with E-state index in [-0.39, 0.29) is 29.6 Å². The number of rotatable bonds is 8. The molecule has 0 saturated carbocycles. The number of halogens is 2. The molecule has 0 aliphatic carbocycles. The van der Waals surface area contributed by atoms with Crippen LogP contribution in [0.4, 0.5) is 20.5 Å². The number of amides is 1. The number of hydrogen-bond acceptors (Lipinski definition) is 8. The van der Waals surface area contributed by atoms with Gasteiger partial charge in [-0.1, -0.05) is 32.9 Å². The highest BCUT2D eigenvalue weighted by Gasteiger charge is 2.31. The number of imidazole rings is 1. The topological polar surface area (TPSA) is 119 Å². The van der Waals surface area contributed by atoms with Gasteiger partial charge >= 0.3 is 5.69 Å². The van der Waals surface area contributed by atoms with Gasteiger partial charge < -0.3 is 19.7 Å². The molecular weight excluding hydrogens is 739 g/mol. The molecule has 9 rings (SSSR count). The highest BCUT2D eigenvalue weighted by atomic mass is 19.1. The van der Waals surface area contributed by atoms with E-state index in [0.717, 1.165) is 55.2 Å². The van der Waals surface area contributed by atoms with E-state index >= 15 is 0 Å². The predicted molar refractivity (Wildman–Crippen MR) is 218 cm³/mol. The Morgan fingerprint density at radius 1 is 0.931 bits per heavy atom. The molecule has 1 saturated heterocycles. The molecule has 0 radical (unpaired) electrons. The number of aromatic nitrogens is 7. The Hall–Kier alpha value is -6.28. The smallest absolute Gasteiger partial charge is 0.332 e. The van der Waals surface area contributed by atoms with Crippen LogP contribution >= 0.6 is 0 Å². The summed E-state index contributed by atoms with van der Waals surface area (Å²) in [5.41, 5.74) is 5.00. The number of nitrogens with one attached hydrogen (secondary N) is 1. The van der Waals surface area contributed by atoms with Gasteiger partial charge in [0.25, 0.3) is 5.91 Å². The molecule has 0 bridgehead atoms. The van der Waals surface area contributed by atoms with Gasteiger partial charge in [0.1, 0.15) is 28.6 Å². The average molecular weight is 783 g/mol. The summed E-state index contributed by atoms with van der Waals surface area (Å²) >= 11 is 0. The van der Waals surface area contributed by atoms with E-state index in [2.05, 4.69) is 45.9 Å². The summed E-state index contributed by atoms with van der Waals surface area (Å²) < 4.78 is 34.0. The van der Waals surface area contributed by atoms with Gasteiger partial charge in [0.2, 0.25) is 5.95 Å². The van der Waals surface area contributed by atoms with Gasteiger partial charge in [-0.2, -0.15) is 4.98 Å². The Morgan fingerprint density at radius 3 is 2.53 bits per heavy atom. The first-order chi connectivity index (χ1) is 28.0. The van der Waals surface area contributed by atoms with Gasteiger partial charge in [0.05, 0.1) is 31.0 Å². The third-order valence-corrected chi connectivity index (χ3v) is 11.1. The quantitative estimate of drug-likeness (QED) is 0.171. The van der Waals surface area contributed by atoms with Crippen LogP contribution in [-0.4, -0.2) is 75.5 Å². The van der Waals surface area contributed by atoms with E-state index in [1.165, 1.54) is 12.1 Å². The fourth-order valence-electron chi connectivity index (χ4n) is 8.61. The van der Waals surface area contributed by atoms with Gasteiger partial charge in [-0.05, 0) is 91.4 Å². The maximum atomic E-state index is 14.9. The summed E-state index contributed by atoms with van der Waals surface area (Å²) in [5.74, 6) is -0.510. The highest BCUT2D eigenvalue weighted by Crippen LogP contribution is 2.33. The summed E-state index contributed by atoms with van der Waals surface area (Å²) in [7, 11) is 0. The molecule has 1 atom stereocenters. The first-order valence-corrected chi connectivity index (χ1v) is 19.7. The molecule has 1 amide bonds. The largest absolute Gasteiger partial charge is 0.335 e. The van der Waals surface area contributed by atoms with E-state index in [1.54, 1.807) is 52.3 Å². The van der Waals surface area contributed by atoms with Gasteiger partial charge in [-0.15, -0.1) is 0 Å². The van der Waals surface area contributed by atoms with Crippen LogP contribution in [0.2, 0.25) is 0 Å². The number of nitrogens with zero attached hydrogens (tertiary/aromatic N) is 9. The lowest BCUT2D eigenvalue weighted by Gasteiger charge is -2.36. The summed E-state index contributed by atoms with van der Waals surface area (Å²) in [6.45, 7) is 10.2. The van der Waals surface area contributed by atoms with Crippen LogP contribution in [0.3, 0.4) is 0 Å². The van der Waals surface area contributed by atoms with Crippen molar-refractivity contribution in [1.82, 2.24) is 43.4 Å². The number of piperidine rings is 1. The molecule has 14 heteroatoms. The minimum atomic E-state index is -0.638. The van der Waals surface area contributed by atoms with Gasteiger partial charge in [-0.3, -0.25) is 13.9 Å². The zero-order valence-corrected chi connectivity index (χ0v) is 32.7. The summed E-state index contributed by atoms with van der Waals surface area (Å²) in [5, 5.41) is 4.13. The van der Waals surface area contributed by atoms with Crippen molar-refractivity contribution in [2.24, 2.45) is 5.41 Å². The predicted octanol–water partition coefficient (Wildman–Crippen LogP) is 7.28. The maximum absolute atomic E-state index is 14.9. The van der Waals surface area contributed by atoms with Gasteiger partial charge in [-0.25, -0.2) is 28.5 Å². The van der Waals surface area contributed by atoms with Crippen molar-refractivity contribution in [1.29, 1.82) is 0 Å². The van der Waals surface area contributed by atoms with Crippen molar-refractivity contribution in [2.75, 3.05) is 31.5 Å².